The molecule has 0 amide bonds. The van der Waals surface area contributed by atoms with Crippen molar-refractivity contribution in [2.45, 2.75) is 45.2 Å². The van der Waals surface area contributed by atoms with Crippen molar-refractivity contribution in [3.05, 3.63) is 0 Å². The minimum Gasteiger partial charge on any atom is -0.304 e. The van der Waals surface area contributed by atoms with E-state index in [9.17, 15) is 4.79 Å². The molecule has 1 fully saturated rings. The van der Waals surface area contributed by atoms with E-state index in [1.807, 2.05) is 0 Å². The molecule has 0 radical (unpaired) electrons. The van der Waals surface area contributed by atoms with E-state index in [1.165, 1.54) is 0 Å². The van der Waals surface area contributed by atoms with Crippen LogP contribution < -0.4 is 5.32 Å². The van der Waals surface area contributed by atoms with E-state index in [0.717, 1.165) is 25.4 Å². The van der Waals surface area contributed by atoms with E-state index in [0.29, 0.717) is 17.7 Å². The molecule has 0 saturated carbocycles. The van der Waals surface area contributed by atoms with Gasteiger partial charge < -0.3 is 5.32 Å². The molecule has 0 spiro atoms. The molecule has 2 nitrogen and oxygen atoms in total. The summed E-state index contributed by atoms with van der Waals surface area (Å²) >= 11 is 0. The van der Waals surface area contributed by atoms with Gasteiger partial charge in [-0.3, -0.25) is 4.79 Å². The summed E-state index contributed by atoms with van der Waals surface area (Å²) in [4.78, 5) is 11.8. The lowest BCUT2D eigenvalue weighted by molar-refractivity contribution is -0.127. The average molecular weight is 201 g/mol. The van der Waals surface area contributed by atoms with Gasteiger partial charge in [-0.2, -0.15) is 0 Å². The molecule has 3 heteroatoms. The zero-order chi connectivity index (χ0) is 9.84. The summed E-state index contributed by atoms with van der Waals surface area (Å²) in [6, 6.07) is 0.641. The smallest absolute Gasteiger partial charge is 0.153 e. The Balaban J connectivity index is 2.62. The predicted octanol–water partition coefficient (Wildman–Crippen LogP) is 1.60. The zero-order valence-electron chi connectivity index (χ0n) is 8.55. The zero-order valence-corrected chi connectivity index (χ0v) is 9.70. The Hall–Kier alpha value is 0.0600. The maximum Gasteiger partial charge on any atom is 0.153 e. The topological polar surface area (TPSA) is 29.1 Å². The van der Waals surface area contributed by atoms with E-state index in [-0.39, 0.29) is 6.04 Å². The summed E-state index contributed by atoms with van der Waals surface area (Å²) in [5.74, 6) is 0.721. The molecule has 0 bridgehead atoms. The van der Waals surface area contributed by atoms with Crippen molar-refractivity contribution in [3.63, 3.8) is 0 Å². The van der Waals surface area contributed by atoms with Crippen molar-refractivity contribution in [1.82, 2.24) is 5.32 Å². The second-order valence-corrected chi connectivity index (χ2v) is 4.27. The normalized spacial score (nSPS) is 35.0. The van der Waals surface area contributed by atoms with Gasteiger partial charge >= 0.3 is 0 Å². The highest BCUT2D eigenvalue weighted by Crippen LogP contribution is 2.22. The molecule has 0 aromatic carbocycles. The number of hydrogen-bond acceptors (Lipinski definition) is 2. The van der Waals surface area contributed by atoms with Crippen molar-refractivity contribution in [3.8, 4) is 0 Å². The van der Waals surface area contributed by atoms with Crippen LogP contribution in [-0.2, 0) is 4.79 Å². The first-order valence-electron chi connectivity index (χ1n) is 5.22. The van der Waals surface area contributed by atoms with Crippen molar-refractivity contribution < 1.29 is 4.79 Å². The van der Waals surface area contributed by atoms with Gasteiger partial charge in [0.15, 0.2) is 5.78 Å². The van der Waals surface area contributed by atoms with Crippen LogP contribution >= 0.6 is 9.24 Å². The highest BCUT2D eigenvalue weighted by Gasteiger charge is 2.32. The number of piperidine rings is 1. The number of rotatable bonds is 3. The van der Waals surface area contributed by atoms with Crippen molar-refractivity contribution in [2.24, 2.45) is 5.92 Å². The molecule has 1 N–H and O–H groups in total. The number of carbonyl (C=O) groups excluding carboxylic acids is 1. The van der Waals surface area contributed by atoms with Crippen molar-refractivity contribution in [2.75, 3.05) is 6.16 Å². The summed E-state index contributed by atoms with van der Waals surface area (Å²) in [7, 11) is 2.66. The SMILES string of the molecule is CCC1C[C@@H](CC)C(=O)C(CP)N1. The Morgan fingerprint density at radius 2 is 2.15 bits per heavy atom. The van der Waals surface area contributed by atoms with Crippen LogP contribution in [0, 0.1) is 5.92 Å². The van der Waals surface area contributed by atoms with E-state index < -0.39 is 0 Å². The highest BCUT2D eigenvalue weighted by molar-refractivity contribution is 7.16. The molecule has 1 heterocycles. The van der Waals surface area contributed by atoms with Crippen LogP contribution in [0.3, 0.4) is 0 Å². The number of nitrogens with one attached hydrogen (secondary N) is 1. The standard InChI is InChI=1S/C10H20NOP/c1-3-7-5-8(4-2)11-9(6-13)10(7)12/h7-9,11H,3-6,13H2,1-2H3/t7-,8?,9?/m1/s1. The highest BCUT2D eigenvalue weighted by atomic mass is 31.0. The van der Waals surface area contributed by atoms with Crippen LogP contribution in [0.2, 0.25) is 0 Å². The molecule has 0 aromatic rings. The molecule has 1 aliphatic rings. The monoisotopic (exact) mass is 201 g/mol. The Morgan fingerprint density at radius 3 is 2.62 bits per heavy atom. The van der Waals surface area contributed by atoms with Crippen LogP contribution in [0.15, 0.2) is 0 Å². The maximum atomic E-state index is 11.8. The Bertz CT molecular complexity index is 168. The van der Waals surface area contributed by atoms with Gasteiger partial charge in [-0.15, -0.1) is 9.24 Å². The van der Waals surface area contributed by atoms with E-state index in [2.05, 4.69) is 28.4 Å². The molecule has 3 unspecified atom stereocenters. The van der Waals surface area contributed by atoms with Gasteiger partial charge in [0.25, 0.3) is 0 Å². The van der Waals surface area contributed by atoms with E-state index in [1.54, 1.807) is 0 Å². The minimum absolute atomic E-state index is 0.0913. The second-order valence-electron chi connectivity index (χ2n) is 3.80. The van der Waals surface area contributed by atoms with Crippen molar-refractivity contribution in [1.29, 1.82) is 0 Å². The minimum atomic E-state index is 0.0913. The molecule has 1 rings (SSSR count). The molecule has 1 aliphatic heterocycles. The molecule has 0 aliphatic carbocycles. The fourth-order valence-electron chi connectivity index (χ4n) is 2.02. The van der Waals surface area contributed by atoms with Crippen LogP contribution in [0.4, 0.5) is 0 Å². The summed E-state index contributed by atoms with van der Waals surface area (Å²) < 4.78 is 0. The van der Waals surface area contributed by atoms with Gasteiger partial charge in [0.2, 0.25) is 0 Å². The maximum absolute atomic E-state index is 11.8. The molecule has 0 aromatic heterocycles. The number of carbonyl (C=O) groups is 1. The number of ketones is 1. The predicted molar refractivity (Wildman–Crippen MR) is 59.0 cm³/mol. The lowest BCUT2D eigenvalue weighted by atomic mass is 9.84. The summed E-state index contributed by atoms with van der Waals surface area (Å²) in [6.45, 7) is 4.29. The van der Waals surface area contributed by atoms with Crippen molar-refractivity contribution >= 4 is 15.0 Å². The number of Topliss-reactive ketones (excluding diaryl/α,β-unsaturated/α-hetero) is 1. The van der Waals surface area contributed by atoms with Crippen LogP contribution in [0.25, 0.3) is 0 Å². The Kier molecular flexibility index (Phi) is 4.34. The summed E-state index contributed by atoms with van der Waals surface area (Å²) in [5, 5.41) is 3.40. The number of hydrogen-bond donors (Lipinski definition) is 1. The summed E-state index contributed by atoms with van der Waals surface area (Å²) in [6.07, 6.45) is 4.02. The first kappa shape index (κ1) is 11.1. The van der Waals surface area contributed by atoms with E-state index >= 15 is 0 Å². The molecular formula is C10H20NOP. The Labute approximate surface area is 83.1 Å². The van der Waals surface area contributed by atoms with Gasteiger partial charge in [0.1, 0.15) is 0 Å². The Morgan fingerprint density at radius 1 is 1.46 bits per heavy atom. The summed E-state index contributed by atoms with van der Waals surface area (Å²) in [5.41, 5.74) is 0. The van der Waals surface area contributed by atoms with Crippen LogP contribution in [0.1, 0.15) is 33.1 Å². The van der Waals surface area contributed by atoms with E-state index in [4.69, 9.17) is 0 Å². The molecule has 4 atom stereocenters. The van der Waals surface area contributed by atoms with Gasteiger partial charge in [0, 0.05) is 12.0 Å². The average Bonchev–Trinajstić information content (AvgIpc) is 2.18. The quantitative estimate of drug-likeness (QED) is 0.703. The first-order valence-corrected chi connectivity index (χ1v) is 6.04. The molecule has 1 saturated heterocycles. The van der Waals surface area contributed by atoms with Gasteiger partial charge in [-0.1, -0.05) is 13.8 Å². The third-order valence-corrected chi connectivity index (χ3v) is 3.44. The lowest BCUT2D eigenvalue weighted by Gasteiger charge is -2.33. The van der Waals surface area contributed by atoms with Crippen LogP contribution in [-0.4, -0.2) is 24.0 Å². The molecule has 13 heavy (non-hydrogen) atoms. The van der Waals surface area contributed by atoms with Gasteiger partial charge in [-0.25, -0.2) is 0 Å². The first-order chi connectivity index (χ1) is 6.22. The fraction of sp³-hybridized carbons (Fsp3) is 0.900. The molecule has 76 valence electrons. The largest absolute Gasteiger partial charge is 0.304 e. The van der Waals surface area contributed by atoms with Gasteiger partial charge in [-0.05, 0) is 25.4 Å². The van der Waals surface area contributed by atoms with Crippen LogP contribution in [0.5, 0.6) is 0 Å². The second kappa shape index (κ2) is 5.07. The third-order valence-electron chi connectivity index (χ3n) is 2.97. The lowest BCUT2D eigenvalue weighted by Crippen LogP contribution is -2.52. The molecular weight excluding hydrogens is 181 g/mol. The fourth-order valence-corrected chi connectivity index (χ4v) is 2.38. The van der Waals surface area contributed by atoms with Gasteiger partial charge in [0.05, 0.1) is 6.04 Å². The third kappa shape index (κ3) is 2.51.